The van der Waals surface area contributed by atoms with Crippen LogP contribution in [0.25, 0.3) is 0 Å². The molecule has 52 valence electrons. The molecule has 0 heterocycles. The van der Waals surface area contributed by atoms with Crippen LogP contribution in [0.5, 0.6) is 0 Å². The third-order valence-electron chi connectivity index (χ3n) is 0.850. The minimum Gasteiger partial charge on any atom is -0.303 e. The van der Waals surface area contributed by atoms with Crippen LogP contribution in [0.15, 0.2) is 11.8 Å². The fourth-order valence-electron chi connectivity index (χ4n) is 0.477. The number of hydrogen-bond acceptors (Lipinski definition) is 1. The maximum absolute atomic E-state index is 9.85. The molecule has 0 rings (SSSR count). The molecule has 0 fully saturated rings. The largest absolute Gasteiger partial charge is 0.303 e. The molecule has 0 aliphatic carbocycles. The van der Waals surface area contributed by atoms with E-state index < -0.39 is 8.07 Å². The Hall–Kier alpha value is -0.373. The summed E-state index contributed by atoms with van der Waals surface area (Å²) in [7, 11) is -1.03. The molecule has 0 N–H and O–H groups in total. The van der Waals surface area contributed by atoms with Crippen LogP contribution in [0.2, 0.25) is 19.6 Å². The average Bonchev–Trinajstić information content (AvgIpc) is 1.63. The van der Waals surface area contributed by atoms with E-state index in [1.165, 1.54) is 0 Å². The van der Waals surface area contributed by atoms with Crippen molar-refractivity contribution >= 4 is 14.4 Å². The monoisotopic (exact) mass is 142 g/mol. The first-order valence-corrected chi connectivity index (χ1v) is 6.75. The summed E-state index contributed by atoms with van der Waals surface area (Å²) in [5.41, 5.74) is 2.18. The van der Waals surface area contributed by atoms with Crippen LogP contribution in [0, 0.1) is 0 Å². The van der Waals surface area contributed by atoms with Gasteiger partial charge in [0.25, 0.3) is 0 Å². The zero-order valence-corrected chi connectivity index (χ0v) is 7.35. The third-order valence-corrected chi connectivity index (χ3v) is 2.09. The van der Waals surface area contributed by atoms with Crippen molar-refractivity contribution in [2.24, 2.45) is 0 Å². The first kappa shape index (κ1) is 8.63. The molecule has 0 bridgehead atoms. The Morgan fingerprint density at radius 1 is 1.33 bits per heavy atom. The van der Waals surface area contributed by atoms with Gasteiger partial charge in [-0.05, 0) is 0 Å². The van der Waals surface area contributed by atoms with Gasteiger partial charge in [-0.15, -0.1) is 0 Å². The first-order valence-electron chi connectivity index (χ1n) is 3.17. The van der Waals surface area contributed by atoms with E-state index in [-0.39, 0.29) is 0 Å². The number of carbonyl (C=O) groups excluding carboxylic acids is 1. The Labute approximate surface area is 57.8 Å². The second-order valence-corrected chi connectivity index (χ2v) is 8.24. The topological polar surface area (TPSA) is 17.1 Å². The highest BCUT2D eigenvalue weighted by atomic mass is 28.3. The minimum atomic E-state index is -1.03. The lowest BCUT2D eigenvalue weighted by Crippen LogP contribution is -2.15. The van der Waals surface area contributed by atoms with Gasteiger partial charge in [0, 0.05) is 6.42 Å². The second kappa shape index (κ2) is 3.61. The van der Waals surface area contributed by atoms with Gasteiger partial charge >= 0.3 is 0 Å². The molecule has 0 saturated carbocycles. The van der Waals surface area contributed by atoms with Crippen LogP contribution in [-0.2, 0) is 4.79 Å². The van der Waals surface area contributed by atoms with Crippen molar-refractivity contribution in [2.75, 3.05) is 0 Å². The van der Waals surface area contributed by atoms with E-state index in [2.05, 4.69) is 25.3 Å². The maximum atomic E-state index is 9.85. The minimum absolute atomic E-state index is 0.574. The van der Waals surface area contributed by atoms with Crippen molar-refractivity contribution in [3.63, 3.8) is 0 Å². The molecule has 0 aromatic carbocycles. The molecule has 0 saturated heterocycles. The summed E-state index contributed by atoms with van der Waals surface area (Å²) < 4.78 is 0. The number of hydrogen-bond donors (Lipinski definition) is 0. The van der Waals surface area contributed by atoms with E-state index in [4.69, 9.17) is 0 Å². The molecular weight excluding hydrogens is 128 g/mol. The molecule has 0 atom stereocenters. The Morgan fingerprint density at radius 2 is 1.89 bits per heavy atom. The van der Waals surface area contributed by atoms with E-state index >= 15 is 0 Å². The van der Waals surface area contributed by atoms with Gasteiger partial charge in [-0.3, -0.25) is 0 Å². The van der Waals surface area contributed by atoms with Gasteiger partial charge in [0.05, 0.1) is 8.07 Å². The normalized spacial score (nSPS) is 12.3. The number of carbonyl (C=O) groups is 1. The molecule has 0 unspecified atom stereocenters. The maximum Gasteiger partial charge on any atom is 0.123 e. The van der Waals surface area contributed by atoms with E-state index in [0.29, 0.717) is 6.42 Å². The Kier molecular flexibility index (Phi) is 3.46. The predicted octanol–water partition coefficient (Wildman–Crippen LogP) is 2.01. The Bertz CT molecular complexity index is 111. The van der Waals surface area contributed by atoms with Gasteiger partial charge in [0.1, 0.15) is 6.29 Å². The van der Waals surface area contributed by atoms with E-state index in [9.17, 15) is 4.79 Å². The first-order chi connectivity index (χ1) is 4.06. The molecule has 0 aliphatic heterocycles. The van der Waals surface area contributed by atoms with Crippen molar-refractivity contribution in [1.82, 2.24) is 0 Å². The molecule has 0 spiro atoms. The van der Waals surface area contributed by atoms with Gasteiger partial charge < -0.3 is 4.79 Å². The van der Waals surface area contributed by atoms with Crippen molar-refractivity contribution in [3.05, 3.63) is 11.8 Å². The number of allylic oxidation sites excluding steroid dienone is 1. The smallest absolute Gasteiger partial charge is 0.123 e. The Balaban J connectivity index is 3.57. The molecule has 0 aromatic rings. The second-order valence-electron chi connectivity index (χ2n) is 3.17. The summed E-state index contributed by atoms with van der Waals surface area (Å²) >= 11 is 0. The van der Waals surface area contributed by atoms with Crippen LogP contribution in [0.3, 0.4) is 0 Å². The van der Waals surface area contributed by atoms with Gasteiger partial charge in [-0.25, -0.2) is 0 Å². The van der Waals surface area contributed by atoms with Crippen molar-refractivity contribution in [1.29, 1.82) is 0 Å². The fraction of sp³-hybridized carbons (Fsp3) is 0.571. The highest BCUT2D eigenvalue weighted by Crippen LogP contribution is 2.01. The van der Waals surface area contributed by atoms with Crippen molar-refractivity contribution in [2.45, 2.75) is 26.1 Å². The number of rotatable bonds is 3. The van der Waals surface area contributed by atoms with E-state index in [0.717, 1.165) is 6.29 Å². The molecule has 0 aliphatic rings. The van der Waals surface area contributed by atoms with Gasteiger partial charge in [0.15, 0.2) is 0 Å². The van der Waals surface area contributed by atoms with Crippen molar-refractivity contribution < 1.29 is 4.79 Å². The lowest BCUT2D eigenvalue weighted by molar-refractivity contribution is -0.107. The SMILES string of the molecule is C[Si](C)(C)/C=C/CC=O. The van der Waals surface area contributed by atoms with Crippen LogP contribution in [0.4, 0.5) is 0 Å². The predicted molar refractivity (Wildman–Crippen MR) is 43.2 cm³/mol. The summed E-state index contributed by atoms with van der Waals surface area (Å²) in [5.74, 6) is 0. The summed E-state index contributed by atoms with van der Waals surface area (Å²) in [5, 5.41) is 0. The van der Waals surface area contributed by atoms with Gasteiger partial charge in [-0.1, -0.05) is 31.4 Å². The van der Waals surface area contributed by atoms with Crippen LogP contribution < -0.4 is 0 Å². The van der Waals surface area contributed by atoms with Gasteiger partial charge in [0.2, 0.25) is 0 Å². The molecule has 0 aromatic heterocycles. The zero-order chi connectivity index (χ0) is 7.33. The van der Waals surface area contributed by atoms with E-state index in [1.807, 2.05) is 6.08 Å². The summed E-state index contributed by atoms with van der Waals surface area (Å²) in [6, 6.07) is 0. The molecule has 2 heteroatoms. The Morgan fingerprint density at radius 3 is 2.22 bits per heavy atom. The molecule has 9 heavy (non-hydrogen) atoms. The highest BCUT2D eigenvalue weighted by molar-refractivity contribution is 6.80. The fourth-order valence-corrected chi connectivity index (χ4v) is 1.32. The van der Waals surface area contributed by atoms with Crippen LogP contribution >= 0.6 is 0 Å². The van der Waals surface area contributed by atoms with E-state index in [1.54, 1.807) is 0 Å². The number of aldehydes is 1. The average molecular weight is 142 g/mol. The van der Waals surface area contributed by atoms with Crippen LogP contribution in [0.1, 0.15) is 6.42 Å². The summed E-state index contributed by atoms with van der Waals surface area (Å²) in [6.45, 7) is 6.73. The van der Waals surface area contributed by atoms with Gasteiger partial charge in [-0.2, -0.15) is 0 Å². The molecule has 0 radical (unpaired) electrons. The lowest BCUT2D eigenvalue weighted by Gasteiger charge is -2.06. The van der Waals surface area contributed by atoms with Crippen molar-refractivity contribution in [3.8, 4) is 0 Å². The summed E-state index contributed by atoms with van der Waals surface area (Å²) in [4.78, 5) is 9.85. The van der Waals surface area contributed by atoms with Crippen LogP contribution in [-0.4, -0.2) is 14.4 Å². The third kappa shape index (κ3) is 7.63. The quantitative estimate of drug-likeness (QED) is 0.435. The standard InChI is InChI=1S/C7H14OSi/c1-9(2,3)7-5-4-6-8/h5-7H,4H2,1-3H3/b7-5+. The zero-order valence-electron chi connectivity index (χ0n) is 6.35. The molecule has 1 nitrogen and oxygen atoms in total. The highest BCUT2D eigenvalue weighted by Gasteiger charge is 2.05. The molecule has 0 amide bonds. The molecular formula is C7H14OSi. The lowest BCUT2D eigenvalue weighted by atomic mass is 10.5. The summed E-state index contributed by atoms with van der Waals surface area (Å²) in [6.07, 6.45) is 3.46.